The Morgan fingerprint density at radius 1 is 1.27 bits per heavy atom. The van der Waals surface area contributed by atoms with E-state index in [0.717, 1.165) is 25.7 Å². The van der Waals surface area contributed by atoms with Gasteiger partial charge in [0.2, 0.25) is 5.88 Å². The Labute approximate surface area is 152 Å². The number of carboxylic acids is 1. The molecule has 2 rings (SSSR count). The maximum Gasteiger partial charge on any atom is 0.329 e. The van der Waals surface area contributed by atoms with Gasteiger partial charge in [-0.3, -0.25) is 9.55 Å². The van der Waals surface area contributed by atoms with E-state index in [-0.39, 0.29) is 18.2 Å². The summed E-state index contributed by atoms with van der Waals surface area (Å²) in [5.74, 6) is -0.825. The van der Waals surface area contributed by atoms with Gasteiger partial charge in [0.15, 0.2) is 0 Å². The van der Waals surface area contributed by atoms with Gasteiger partial charge in [0.1, 0.15) is 6.61 Å². The Hall–Kier alpha value is -1.80. The first-order valence-electron chi connectivity index (χ1n) is 9.47. The van der Waals surface area contributed by atoms with Crippen LogP contribution in [0, 0.1) is 5.92 Å². The molecule has 0 aromatic carbocycles. The van der Waals surface area contributed by atoms with Gasteiger partial charge in [-0.1, -0.05) is 19.3 Å². The van der Waals surface area contributed by atoms with Crippen molar-refractivity contribution in [3.05, 3.63) is 16.2 Å². The zero-order valence-electron chi connectivity index (χ0n) is 15.2. The van der Waals surface area contributed by atoms with Gasteiger partial charge in [-0.05, 0) is 44.4 Å². The lowest BCUT2D eigenvalue weighted by Crippen LogP contribution is -2.27. The lowest BCUT2D eigenvalue weighted by atomic mass is 9.84. The van der Waals surface area contributed by atoms with Gasteiger partial charge in [0.25, 0.3) is 0 Å². The summed E-state index contributed by atoms with van der Waals surface area (Å²) in [5.41, 5.74) is 0.166. The van der Waals surface area contributed by atoms with Crippen LogP contribution in [0.15, 0.2) is 4.79 Å². The molecule has 1 aromatic rings. The van der Waals surface area contributed by atoms with E-state index < -0.39 is 12.1 Å². The van der Waals surface area contributed by atoms with Crippen molar-refractivity contribution in [2.45, 2.75) is 70.4 Å². The molecule has 1 aromatic heterocycles. The number of nitrogens with one attached hydrogen (secondary N) is 1. The second-order valence-corrected chi connectivity index (χ2v) is 7.03. The van der Waals surface area contributed by atoms with Crippen LogP contribution >= 0.6 is 0 Å². The lowest BCUT2D eigenvalue weighted by Gasteiger charge is -2.26. The first kappa shape index (κ1) is 20.5. The van der Waals surface area contributed by atoms with Crippen molar-refractivity contribution < 1.29 is 24.9 Å². The Morgan fingerprint density at radius 2 is 2.00 bits per heavy atom. The van der Waals surface area contributed by atoms with Crippen LogP contribution in [0.25, 0.3) is 0 Å². The van der Waals surface area contributed by atoms with Crippen molar-refractivity contribution in [2.75, 3.05) is 13.2 Å². The fourth-order valence-corrected chi connectivity index (χ4v) is 3.65. The predicted octanol–water partition coefficient (Wildman–Crippen LogP) is 1.64. The van der Waals surface area contributed by atoms with Crippen molar-refractivity contribution >= 4 is 5.97 Å². The number of unbranched alkanes of at least 4 members (excludes halogenated alkanes) is 1. The molecule has 148 valence electrons. The topological polar surface area (TPSA) is 125 Å². The molecule has 8 nitrogen and oxygen atoms in total. The van der Waals surface area contributed by atoms with Crippen LogP contribution in [0.2, 0.25) is 0 Å². The summed E-state index contributed by atoms with van der Waals surface area (Å²) in [6.07, 6.45) is 7.48. The predicted molar refractivity (Wildman–Crippen MR) is 95.3 cm³/mol. The highest BCUT2D eigenvalue weighted by molar-refractivity contribution is 5.67. The number of carboxylic acid groups (broad SMARTS) is 1. The van der Waals surface area contributed by atoms with Gasteiger partial charge in [-0.25, -0.2) is 9.59 Å². The molecule has 0 spiro atoms. The third-order valence-electron chi connectivity index (χ3n) is 5.09. The Morgan fingerprint density at radius 3 is 2.69 bits per heavy atom. The van der Waals surface area contributed by atoms with Crippen LogP contribution in [-0.2, 0) is 22.5 Å². The molecule has 1 heterocycles. The molecule has 0 bridgehead atoms. The highest BCUT2D eigenvalue weighted by atomic mass is 16.5. The van der Waals surface area contributed by atoms with Gasteiger partial charge in [-0.2, -0.15) is 0 Å². The molecule has 1 saturated carbocycles. The molecule has 0 saturated heterocycles. The highest BCUT2D eigenvalue weighted by Crippen LogP contribution is 2.28. The average molecular weight is 370 g/mol. The molecule has 1 atom stereocenters. The molecule has 1 fully saturated rings. The summed E-state index contributed by atoms with van der Waals surface area (Å²) < 4.78 is 6.47. The minimum atomic E-state index is -1.00. The van der Waals surface area contributed by atoms with E-state index in [1.54, 1.807) is 0 Å². The number of carbonyl (C=O) groups is 1. The van der Waals surface area contributed by atoms with E-state index >= 15 is 0 Å². The van der Waals surface area contributed by atoms with Crippen molar-refractivity contribution in [1.82, 2.24) is 9.55 Å². The molecule has 1 aliphatic rings. The van der Waals surface area contributed by atoms with Crippen LogP contribution < -0.4 is 5.69 Å². The molecular weight excluding hydrogens is 340 g/mol. The van der Waals surface area contributed by atoms with E-state index in [1.807, 2.05) is 0 Å². The lowest BCUT2D eigenvalue weighted by molar-refractivity contribution is -0.142. The molecule has 1 unspecified atom stereocenters. The fourth-order valence-electron chi connectivity index (χ4n) is 3.65. The maximum absolute atomic E-state index is 12.0. The van der Waals surface area contributed by atoms with E-state index in [1.165, 1.54) is 11.0 Å². The molecule has 0 radical (unpaired) electrons. The quantitative estimate of drug-likeness (QED) is 0.439. The van der Waals surface area contributed by atoms with Crippen molar-refractivity contribution in [3.8, 4) is 5.88 Å². The number of ether oxygens (including phenoxy) is 1. The smallest absolute Gasteiger partial charge is 0.329 e. The van der Waals surface area contributed by atoms with Crippen molar-refractivity contribution in [3.63, 3.8) is 0 Å². The summed E-state index contributed by atoms with van der Waals surface area (Å²) in [6.45, 7) is 0.375. The molecule has 0 amide bonds. The normalized spacial score (nSPS) is 16.7. The molecule has 0 aliphatic heterocycles. The molecule has 1 aliphatic carbocycles. The third kappa shape index (κ3) is 6.17. The Balaban J connectivity index is 1.82. The van der Waals surface area contributed by atoms with Crippen LogP contribution in [0.3, 0.4) is 0 Å². The van der Waals surface area contributed by atoms with E-state index in [0.29, 0.717) is 50.4 Å². The van der Waals surface area contributed by atoms with E-state index in [4.69, 9.17) is 9.84 Å². The summed E-state index contributed by atoms with van der Waals surface area (Å²) in [7, 11) is 0. The number of hydrogen-bond acceptors (Lipinski definition) is 5. The SMILES string of the molecule is O=C(O)COCCCCc1c(O)[nH]c(=O)n1CCC(O)C1CCCCC1. The van der Waals surface area contributed by atoms with Crippen LogP contribution in [0.1, 0.15) is 57.1 Å². The number of aromatic amines is 1. The number of imidazole rings is 1. The van der Waals surface area contributed by atoms with Gasteiger partial charge in [0, 0.05) is 13.2 Å². The minimum absolute atomic E-state index is 0.131. The van der Waals surface area contributed by atoms with E-state index in [2.05, 4.69) is 4.98 Å². The number of aliphatic hydroxyl groups excluding tert-OH is 1. The van der Waals surface area contributed by atoms with Crippen LogP contribution in [0.4, 0.5) is 0 Å². The maximum atomic E-state index is 12.0. The first-order chi connectivity index (χ1) is 12.5. The van der Waals surface area contributed by atoms with Crippen molar-refractivity contribution in [1.29, 1.82) is 0 Å². The first-order valence-corrected chi connectivity index (χ1v) is 9.47. The fraction of sp³-hybridized carbons (Fsp3) is 0.778. The summed E-state index contributed by atoms with van der Waals surface area (Å²) in [4.78, 5) is 24.8. The number of aliphatic carboxylic acids is 1. The zero-order valence-corrected chi connectivity index (χ0v) is 15.2. The van der Waals surface area contributed by atoms with Gasteiger partial charge < -0.3 is 20.1 Å². The van der Waals surface area contributed by atoms with Gasteiger partial charge >= 0.3 is 11.7 Å². The molecule has 4 N–H and O–H groups in total. The molecule has 8 heteroatoms. The molecule has 26 heavy (non-hydrogen) atoms. The number of aliphatic hydroxyl groups is 1. The second-order valence-electron chi connectivity index (χ2n) is 7.03. The average Bonchev–Trinajstić information content (AvgIpc) is 2.89. The number of hydrogen-bond donors (Lipinski definition) is 4. The number of H-pyrrole nitrogens is 1. The van der Waals surface area contributed by atoms with Crippen molar-refractivity contribution in [2.24, 2.45) is 5.92 Å². The number of aromatic nitrogens is 2. The van der Waals surface area contributed by atoms with Gasteiger partial charge in [-0.15, -0.1) is 0 Å². The second kappa shape index (κ2) is 10.4. The number of nitrogens with zero attached hydrogens (tertiary/aromatic N) is 1. The van der Waals surface area contributed by atoms with Crippen LogP contribution in [0.5, 0.6) is 5.88 Å². The zero-order chi connectivity index (χ0) is 18.9. The minimum Gasteiger partial charge on any atom is -0.493 e. The molecular formula is C18H30N2O6. The Bertz CT molecular complexity index is 618. The number of aromatic hydroxyl groups is 1. The largest absolute Gasteiger partial charge is 0.493 e. The monoisotopic (exact) mass is 370 g/mol. The summed E-state index contributed by atoms with van der Waals surface area (Å²) in [5, 5.41) is 28.8. The summed E-state index contributed by atoms with van der Waals surface area (Å²) in [6, 6.07) is 0. The summed E-state index contributed by atoms with van der Waals surface area (Å²) >= 11 is 0. The van der Waals surface area contributed by atoms with Gasteiger partial charge in [0.05, 0.1) is 11.8 Å². The highest BCUT2D eigenvalue weighted by Gasteiger charge is 2.22. The third-order valence-corrected chi connectivity index (χ3v) is 5.09. The van der Waals surface area contributed by atoms with E-state index in [9.17, 15) is 19.8 Å². The van der Waals surface area contributed by atoms with Crippen LogP contribution in [-0.4, -0.2) is 50.2 Å². The Kier molecular flexibility index (Phi) is 8.18. The standard InChI is InChI=1S/C18H30N2O6/c21-15(13-6-2-1-3-7-13)9-10-20-14(17(24)19-18(20)25)8-4-5-11-26-12-16(22)23/h13,15,21,24H,1-12H2,(H,19,25)(H,22,23). The number of rotatable bonds is 11.